The molecule has 0 aromatic heterocycles. The highest BCUT2D eigenvalue weighted by Gasteiger charge is 2.38. The fourth-order valence-electron chi connectivity index (χ4n) is 2.47. The first kappa shape index (κ1) is 15.6. The van der Waals surface area contributed by atoms with E-state index in [1.807, 2.05) is 0 Å². The van der Waals surface area contributed by atoms with Gasteiger partial charge in [0.15, 0.2) is 0 Å². The van der Waals surface area contributed by atoms with E-state index >= 15 is 0 Å². The van der Waals surface area contributed by atoms with E-state index in [0.717, 1.165) is 0 Å². The maximum Gasteiger partial charge on any atom is 0.326 e. The van der Waals surface area contributed by atoms with Gasteiger partial charge in [-0.1, -0.05) is 11.6 Å². The Hall–Kier alpha value is -1.79. The number of aliphatic carboxylic acids is 1. The number of aliphatic hydroxyl groups is 1. The Bertz CT molecular complexity index is 562. The third-order valence-corrected chi connectivity index (χ3v) is 3.70. The first-order chi connectivity index (χ1) is 9.92. The number of likely N-dealkylation sites (tertiary alicyclic amines) is 1. The molecule has 0 saturated carbocycles. The number of ether oxygens (including phenoxy) is 1. The number of benzene rings is 1. The predicted octanol–water partition coefficient (Wildman–Crippen LogP) is 0.938. The summed E-state index contributed by atoms with van der Waals surface area (Å²) in [6.07, 6.45) is -0.787. The topological polar surface area (TPSA) is 87.1 Å². The molecule has 2 rings (SSSR count). The predicted molar refractivity (Wildman–Crippen MR) is 75.5 cm³/mol. The number of carboxylic acid groups (broad SMARTS) is 1. The summed E-state index contributed by atoms with van der Waals surface area (Å²) in [5, 5.41) is 19.2. The molecule has 6 nitrogen and oxygen atoms in total. The summed E-state index contributed by atoms with van der Waals surface area (Å²) in [7, 11) is 1.48. The van der Waals surface area contributed by atoms with E-state index in [0.29, 0.717) is 16.3 Å². The van der Waals surface area contributed by atoms with Crippen molar-refractivity contribution in [2.45, 2.75) is 25.0 Å². The first-order valence-electron chi connectivity index (χ1n) is 6.45. The van der Waals surface area contributed by atoms with E-state index in [9.17, 15) is 14.7 Å². The number of aliphatic hydroxyl groups excluding tert-OH is 1. The molecule has 0 unspecified atom stereocenters. The van der Waals surface area contributed by atoms with E-state index < -0.39 is 18.1 Å². The number of β-amino-alcohol motifs (C(OH)–C–C–N with tert-alkyl or cyclic N) is 1. The molecule has 114 valence electrons. The Labute approximate surface area is 126 Å². The van der Waals surface area contributed by atoms with Gasteiger partial charge < -0.3 is 19.8 Å². The zero-order chi connectivity index (χ0) is 15.6. The lowest BCUT2D eigenvalue weighted by molar-refractivity contribution is -0.148. The molecule has 1 aromatic rings. The zero-order valence-corrected chi connectivity index (χ0v) is 12.2. The number of hydrogen-bond acceptors (Lipinski definition) is 4. The van der Waals surface area contributed by atoms with Crippen LogP contribution in [0.25, 0.3) is 0 Å². The van der Waals surface area contributed by atoms with E-state index in [1.54, 1.807) is 18.2 Å². The summed E-state index contributed by atoms with van der Waals surface area (Å²) >= 11 is 5.90. The second-order valence-corrected chi connectivity index (χ2v) is 5.36. The first-order valence-corrected chi connectivity index (χ1v) is 6.83. The summed E-state index contributed by atoms with van der Waals surface area (Å²) in [5.41, 5.74) is 0.584. The maximum atomic E-state index is 12.3. The van der Waals surface area contributed by atoms with Gasteiger partial charge in [-0.05, 0) is 18.2 Å². The van der Waals surface area contributed by atoms with Gasteiger partial charge in [-0.2, -0.15) is 0 Å². The molecule has 1 amide bonds. The Kier molecular flexibility index (Phi) is 4.69. The smallest absolute Gasteiger partial charge is 0.326 e. The average molecular weight is 314 g/mol. The summed E-state index contributed by atoms with van der Waals surface area (Å²) in [6, 6.07) is 3.92. The molecule has 1 aliphatic rings. The standard InChI is InChI=1S/C14H16ClNO5/c1-21-12-3-2-9(15)4-8(12)5-13(18)16-7-10(17)6-11(16)14(19)20/h2-4,10-11,17H,5-7H2,1H3,(H,19,20)/t10-,11-/m1/s1. The van der Waals surface area contributed by atoms with Gasteiger partial charge in [0, 0.05) is 23.6 Å². The Morgan fingerprint density at radius 2 is 2.19 bits per heavy atom. The number of methoxy groups -OCH3 is 1. The minimum atomic E-state index is -1.11. The van der Waals surface area contributed by atoms with Gasteiger partial charge >= 0.3 is 5.97 Å². The molecule has 0 spiro atoms. The number of carboxylic acids is 1. The number of hydrogen-bond donors (Lipinski definition) is 2. The lowest BCUT2D eigenvalue weighted by atomic mass is 10.1. The molecule has 1 aliphatic heterocycles. The van der Waals surface area contributed by atoms with Crippen molar-refractivity contribution in [2.75, 3.05) is 13.7 Å². The monoisotopic (exact) mass is 313 g/mol. The average Bonchev–Trinajstić information content (AvgIpc) is 2.81. The van der Waals surface area contributed by atoms with Crippen LogP contribution in [-0.2, 0) is 16.0 Å². The number of nitrogens with zero attached hydrogens (tertiary/aromatic N) is 1. The van der Waals surface area contributed by atoms with Crippen LogP contribution < -0.4 is 4.74 Å². The quantitative estimate of drug-likeness (QED) is 0.864. The van der Waals surface area contributed by atoms with Crippen molar-refractivity contribution in [3.63, 3.8) is 0 Å². The van der Waals surface area contributed by atoms with Gasteiger partial charge in [-0.3, -0.25) is 4.79 Å². The van der Waals surface area contributed by atoms with Gasteiger partial charge in [-0.25, -0.2) is 4.79 Å². The van der Waals surface area contributed by atoms with Gasteiger partial charge in [0.1, 0.15) is 11.8 Å². The van der Waals surface area contributed by atoms with Gasteiger partial charge in [0.05, 0.1) is 19.6 Å². The second-order valence-electron chi connectivity index (χ2n) is 4.92. The molecule has 1 aromatic carbocycles. The van der Waals surface area contributed by atoms with Gasteiger partial charge in [-0.15, -0.1) is 0 Å². The number of halogens is 1. The zero-order valence-electron chi connectivity index (χ0n) is 11.5. The van der Waals surface area contributed by atoms with Crippen molar-refractivity contribution in [1.29, 1.82) is 0 Å². The maximum absolute atomic E-state index is 12.3. The van der Waals surface area contributed by atoms with Gasteiger partial charge in [0.25, 0.3) is 0 Å². The summed E-state index contributed by atoms with van der Waals surface area (Å²) in [4.78, 5) is 24.6. The van der Waals surface area contributed by atoms with Crippen LogP contribution >= 0.6 is 11.6 Å². The van der Waals surface area contributed by atoms with Crippen LogP contribution in [0.3, 0.4) is 0 Å². The fraction of sp³-hybridized carbons (Fsp3) is 0.429. The molecule has 2 atom stereocenters. The molecular formula is C14H16ClNO5. The minimum absolute atomic E-state index is 0.0265. The van der Waals surface area contributed by atoms with E-state index in [1.165, 1.54) is 12.0 Å². The van der Waals surface area contributed by atoms with Crippen LogP contribution in [0.15, 0.2) is 18.2 Å². The second kappa shape index (κ2) is 6.32. The van der Waals surface area contributed by atoms with Crippen molar-refractivity contribution in [3.8, 4) is 5.75 Å². The Morgan fingerprint density at radius 3 is 2.81 bits per heavy atom. The third-order valence-electron chi connectivity index (χ3n) is 3.47. The molecule has 2 N–H and O–H groups in total. The number of amides is 1. The molecule has 1 heterocycles. The SMILES string of the molecule is COc1ccc(Cl)cc1CC(=O)N1C[C@H](O)C[C@@H]1C(=O)O. The van der Waals surface area contributed by atoms with Crippen LogP contribution in [0.5, 0.6) is 5.75 Å². The van der Waals surface area contributed by atoms with Crippen LogP contribution in [0.1, 0.15) is 12.0 Å². The highest BCUT2D eigenvalue weighted by Crippen LogP contribution is 2.25. The highest BCUT2D eigenvalue weighted by atomic mass is 35.5. The fourth-order valence-corrected chi connectivity index (χ4v) is 2.67. The van der Waals surface area contributed by atoms with E-state index in [4.69, 9.17) is 21.4 Å². The van der Waals surface area contributed by atoms with E-state index in [-0.39, 0.29) is 25.3 Å². The van der Waals surface area contributed by atoms with Crippen molar-refractivity contribution in [2.24, 2.45) is 0 Å². The summed E-state index contributed by atoms with van der Waals surface area (Å²) in [5.74, 6) is -0.975. The minimum Gasteiger partial charge on any atom is -0.496 e. The lowest BCUT2D eigenvalue weighted by Crippen LogP contribution is -2.41. The van der Waals surface area contributed by atoms with E-state index in [2.05, 4.69) is 0 Å². The molecule has 1 fully saturated rings. The normalized spacial score (nSPS) is 21.4. The molecule has 21 heavy (non-hydrogen) atoms. The molecule has 0 radical (unpaired) electrons. The highest BCUT2D eigenvalue weighted by molar-refractivity contribution is 6.30. The van der Waals surface area contributed by atoms with Crippen LogP contribution in [-0.4, -0.2) is 52.8 Å². The van der Waals surface area contributed by atoms with Crippen LogP contribution in [0.4, 0.5) is 0 Å². The molecular weight excluding hydrogens is 298 g/mol. The molecule has 1 saturated heterocycles. The van der Waals surface area contributed by atoms with Crippen molar-refractivity contribution in [3.05, 3.63) is 28.8 Å². The molecule has 0 bridgehead atoms. The summed E-state index contributed by atoms with van der Waals surface area (Å²) < 4.78 is 5.16. The Balaban J connectivity index is 2.18. The largest absolute Gasteiger partial charge is 0.496 e. The number of rotatable bonds is 4. The van der Waals surface area contributed by atoms with Crippen LogP contribution in [0.2, 0.25) is 5.02 Å². The van der Waals surface area contributed by atoms with Crippen molar-refractivity contribution >= 4 is 23.5 Å². The van der Waals surface area contributed by atoms with Gasteiger partial charge in [0.2, 0.25) is 5.91 Å². The molecule has 7 heteroatoms. The van der Waals surface area contributed by atoms with Crippen LogP contribution in [0, 0.1) is 0 Å². The molecule has 0 aliphatic carbocycles. The number of carbonyl (C=O) groups excluding carboxylic acids is 1. The summed E-state index contributed by atoms with van der Waals surface area (Å²) in [6.45, 7) is 0.0265. The third kappa shape index (κ3) is 3.46. The number of carbonyl (C=O) groups is 2. The van der Waals surface area contributed by atoms with Crippen molar-refractivity contribution < 1.29 is 24.5 Å². The van der Waals surface area contributed by atoms with Crippen molar-refractivity contribution in [1.82, 2.24) is 4.90 Å². The Morgan fingerprint density at radius 1 is 1.48 bits per heavy atom. The lowest BCUT2D eigenvalue weighted by Gasteiger charge is -2.21.